The van der Waals surface area contributed by atoms with Crippen LogP contribution in [0.3, 0.4) is 0 Å². The molecule has 14 aromatic rings. The van der Waals surface area contributed by atoms with Crippen LogP contribution in [-0.4, -0.2) is 18.4 Å². The van der Waals surface area contributed by atoms with Crippen LogP contribution in [0.15, 0.2) is 170 Å². The molecular formula is C51H28N4. The van der Waals surface area contributed by atoms with Gasteiger partial charge in [-0.15, -0.1) is 0 Å². The highest BCUT2D eigenvalue weighted by Gasteiger charge is 2.26. The van der Waals surface area contributed by atoms with Crippen molar-refractivity contribution >= 4 is 109 Å². The first-order valence-electron chi connectivity index (χ1n) is 19.0. The van der Waals surface area contributed by atoms with Gasteiger partial charge in [-0.25, -0.2) is 4.98 Å². The third-order valence-electron chi connectivity index (χ3n) is 12.5. The number of hydrogen-bond acceptors (Lipinski definition) is 1. The van der Waals surface area contributed by atoms with Gasteiger partial charge in [0.15, 0.2) is 0 Å². The first kappa shape index (κ1) is 28.1. The van der Waals surface area contributed by atoms with Gasteiger partial charge in [0.25, 0.3) is 0 Å². The summed E-state index contributed by atoms with van der Waals surface area (Å²) in [7, 11) is 0. The Balaban J connectivity index is 1.10. The van der Waals surface area contributed by atoms with E-state index in [0.29, 0.717) is 0 Å². The van der Waals surface area contributed by atoms with Gasteiger partial charge in [-0.3, -0.25) is 4.40 Å². The van der Waals surface area contributed by atoms with Gasteiger partial charge in [0.05, 0.1) is 44.8 Å². The predicted octanol–water partition coefficient (Wildman–Crippen LogP) is 13.3. The molecule has 0 aliphatic heterocycles. The van der Waals surface area contributed by atoms with Crippen LogP contribution in [0.1, 0.15) is 0 Å². The molecule has 0 N–H and O–H groups in total. The Bertz CT molecular complexity index is 3940. The average Bonchev–Trinajstić information content (AvgIpc) is 4.04. The van der Waals surface area contributed by atoms with Crippen LogP contribution < -0.4 is 0 Å². The van der Waals surface area contributed by atoms with Crippen LogP contribution in [0, 0.1) is 0 Å². The number of aromatic nitrogens is 4. The molecule has 6 aromatic heterocycles. The highest BCUT2D eigenvalue weighted by Crippen LogP contribution is 2.48. The fraction of sp³-hybridized carbons (Fsp3) is 0. The van der Waals surface area contributed by atoms with Crippen molar-refractivity contribution in [2.75, 3.05) is 0 Å². The van der Waals surface area contributed by atoms with Crippen molar-refractivity contribution in [3.8, 4) is 16.8 Å². The Morgan fingerprint density at radius 1 is 0.364 bits per heavy atom. The minimum absolute atomic E-state index is 1.01. The Kier molecular flexibility index (Phi) is 4.99. The highest BCUT2D eigenvalue weighted by molar-refractivity contribution is 6.36. The first-order valence-corrected chi connectivity index (χ1v) is 19.0. The Morgan fingerprint density at radius 3 is 1.87 bits per heavy atom. The molecule has 8 aromatic carbocycles. The van der Waals surface area contributed by atoms with Crippen LogP contribution >= 0.6 is 0 Å². The zero-order valence-electron chi connectivity index (χ0n) is 29.5. The molecule has 4 nitrogen and oxygen atoms in total. The van der Waals surface area contributed by atoms with Gasteiger partial charge >= 0.3 is 0 Å². The summed E-state index contributed by atoms with van der Waals surface area (Å²) in [6, 6.07) is 60.2. The molecule has 0 fully saturated rings. The van der Waals surface area contributed by atoms with Crippen molar-refractivity contribution in [3.05, 3.63) is 170 Å². The maximum absolute atomic E-state index is 5.41. The van der Waals surface area contributed by atoms with Crippen LogP contribution in [0.5, 0.6) is 0 Å². The summed E-state index contributed by atoms with van der Waals surface area (Å²) < 4.78 is 7.31. The zero-order chi connectivity index (χ0) is 35.5. The Hall–Kier alpha value is -7.43. The maximum atomic E-state index is 5.41. The molecule has 0 amide bonds. The fourth-order valence-electron chi connectivity index (χ4n) is 10.4. The third kappa shape index (κ3) is 3.29. The molecule has 4 heteroatoms. The third-order valence-corrected chi connectivity index (χ3v) is 12.5. The SMILES string of the molecule is c1ccc(-n2c3ccccc3c3cc(-c4cccc5c6cccc7c8c9c%10cccc%11c%12c%13ccccc%13ccc%12n(c9cnc8n(c45)c67)c%11%10)ccc32)cc1. The van der Waals surface area contributed by atoms with E-state index in [1.54, 1.807) is 0 Å². The molecule has 14 rings (SSSR count). The van der Waals surface area contributed by atoms with Crippen molar-refractivity contribution in [3.63, 3.8) is 0 Å². The summed E-state index contributed by atoms with van der Waals surface area (Å²) in [5, 5.41) is 15.2. The second kappa shape index (κ2) is 9.75. The minimum atomic E-state index is 1.01. The van der Waals surface area contributed by atoms with Crippen molar-refractivity contribution in [1.29, 1.82) is 0 Å². The molecule has 0 saturated carbocycles. The molecule has 0 bridgehead atoms. The van der Waals surface area contributed by atoms with E-state index in [-0.39, 0.29) is 0 Å². The number of para-hydroxylation sites is 5. The lowest BCUT2D eigenvalue weighted by Crippen LogP contribution is -1.93. The number of benzene rings is 8. The smallest absolute Gasteiger partial charge is 0.146 e. The number of hydrogen-bond donors (Lipinski definition) is 0. The molecule has 0 unspecified atom stereocenters. The lowest BCUT2D eigenvalue weighted by molar-refractivity contribution is 1.18. The number of fused-ring (bicyclic) bond motifs is 18. The van der Waals surface area contributed by atoms with Crippen LogP contribution in [0.4, 0.5) is 0 Å². The lowest BCUT2D eigenvalue weighted by Gasteiger charge is -2.09. The summed E-state index contributed by atoms with van der Waals surface area (Å²) in [4.78, 5) is 5.41. The highest BCUT2D eigenvalue weighted by atomic mass is 15.0. The van der Waals surface area contributed by atoms with Crippen molar-refractivity contribution in [2.24, 2.45) is 0 Å². The molecule has 55 heavy (non-hydrogen) atoms. The van der Waals surface area contributed by atoms with Gasteiger partial charge in [-0.2, -0.15) is 0 Å². The van der Waals surface area contributed by atoms with Crippen molar-refractivity contribution in [1.82, 2.24) is 18.4 Å². The van der Waals surface area contributed by atoms with Crippen LogP contribution in [-0.2, 0) is 0 Å². The van der Waals surface area contributed by atoms with Gasteiger partial charge in [-0.1, -0.05) is 127 Å². The summed E-state index contributed by atoms with van der Waals surface area (Å²) in [5.74, 6) is 0. The fourth-order valence-corrected chi connectivity index (χ4v) is 10.4. The van der Waals surface area contributed by atoms with E-state index >= 15 is 0 Å². The minimum Gasteiger partial charge on any atom is -0.309 e. The molecule has 0 atom stereocenters. The summed E-state index contributed by atoms with van der Waals surface area (Å²) >= 11 is 0. The van der Waals surface area contributed by atoms with E-state index in [1.165, 1.54) is 115 Å². The van der Waals surface area contributed by atoms with E-state index in [2.05, 4.69) is 183 Å². The number of pyridine rings is 1. The molecule has 0 saturated heterocycles. The molecule has 0 radical (unpaired) electrons. The molecule has 0 spiro atoms. The average molecular weight is 697 g/mol. The summed E-state index contributed by atoms with van der Waals surface area (Å²) in [6.07, 6.45) is 2.12. The van der Waals surface area contributed by atoms with Crippen LogP contribution in [0.2, 0.25) is 0 Å². The van der Waals surface area contributed by atoms with Gasteiger partial charge in [0.2, 0.25) is 0 Å². The van der Waals surface area contributed by atoms with E-state index in [1.807, 2.05) is 0 Å². The van der Waals surface area contributed by atoms with E-state index in [9.17, 15) is 0 Å². The van der Waals surface area contributed by atoms with E-state index < -0.39 is 0 Å². The number of nitrogens with zero attached hydrogens (tertiary/aromatic N) is 4. The van der Waals surface area contributed by atoms with Crippen molar-refractivity contribution in [2.45, 2.75) is 0 Å². The predicted molar refractivity (Wildman–Crippen MR) is 231 cm³/mol. The monoisotopic (exact) mass is 696 g/mol. The Morgan fingerprint density at radius 2 is 1.00 bits per heavy atom. The van der Waals surface area contributed by atoms with Gasteiger partial charge in [-0.05, 0) is 52.7 Å². The van der Waals surface area contributed by atoms with E-state index in [0.717, 1.165) is 11.2 Å². The second-order valence-corrected chi connectivity index (χ2v) is 15.1. The van der Waals surface area contributed by atoms with Crippen LogP contribution in [0.25, 0.3) is 126 Å². The second-order valence-electron chi connectivity index (χ2n) is 15.1. The quantitative estimate of drug-likeness (QED) is 0.177. The molecule has 0 aliphatic carbocycles. The van der Waals surface area contributed by atoms with Crippen molar-refractivity contribution < 1.29 is 0 Å². The largest absolute Gasteiger partial charge is 0.309 e. The molecular weight excluding hydrogens is 669 g/mol. The standard InChI is InChI=1S/C51H28N4/c1-2-12-31(13-3-1)53-41-22-7-6-15-34(41)40-27-30(24-25-42(40)53)33-16-8-17-35-36-18-9-21-39-47-46-38-20-10-19-37-45-32-14-5-4-11-29(32)23-26-43(45)54(50(37)38)44(46)28-52-51(47)55(48(33)35)49(36)39/h1-28H. The molecule has 6 heterocycles. The number of rotatable bonds is 2. The van der Waals surface area contributed by atoms with E-state index in [4.69, 9.17) is 4.98 Å². The Labute approximate surface area is 313 Å². The first-order chi connectivity index (χ1) is 27.3. The zero-order valence-corrected chi connectivity index (χ0v) is 29.5. The molecule has 0 aliphatic rings. The van der Waals surface area contributed by atoms with Gasteiger partial charge in [0, 0.05) is 65.1 Å². The summed E-state index contributed by atoms with van der Waals surface area (Å²) in [6.45, 7) is 0. The molecule has 252 valence electrons. The van der Waals surface area contributed by atoms with Gasteiger partial charge < -0.3 is 8.97 Å². The topological polar surface area (TPSA) is 26.6 Å². The van der Waals surface area contributed by atoms with Gasteiger partial charge in [0.1, 0.15) is 5.65 Å². The normalized spacial score (nSPS) is 12.7. The lowest BCUT2D eigenvalue weighted by atomic mass is 9.99. The summed E-state index contributed by atoms with van der Waals surface area (Å²) in [5.41, 5.74) is 13.1. The maximum Gasteiger partial charge on any atom is 0.146 e.